The maximum Gasteiger partial charge on any atom is 0.399 e. The molecule has 2 aromatic rings. The Morgan fingerprint density at radius 3 is 2.55 bits per heavy atom. The summed E-state index contributed by atoms with van der Waals surface area (Å²) in [6, 6.07) is 16.0. The van der Waals surface area contributed by atoms with E-state index in [4.69, 9.17) is 21.1 Å². The Balaban J connectivity index is 1.45. The molecule has 0 aromatic heterocycles. The molecule has 0 radical (unpaired) electrons. The molecule has 0 spiro atoms. The zero-order valence-corrected chi connectivity index (χ0v) is 18.0. The summed E-state index contributed by atoms with van der Waals surface area (Å²) in [5.41, 5.74) is 1.14. The smallest absolute Gasteiger partial charge is 0.399 e. The van der Waals surface area contributed by atoms with Crippen LogP contribution in [0.5, 0.6) is 5.75 Å². The molecule has 0 saturated carbocycles. The second-order valence-corrected chi connectivity index (χ2v) is 8.48. The van der Waals surface area contributed by atoms with Gasteiger partial charge in [0, 0.05) is 25.5 Å². The number of alkyl halides is 4. The van der Waals surface area contributed by atoms with Gasteiger partial charge in [-0.25, -0.2) is 0 Å². The third-order valence-corrected chi connectivity index (χ3v) is 6.50. The van der Waals surface area contributed by atoms with E-state index in [1.165, 1.54) is 0 Å². The molecule has 0 amide bonds. The molecule has 168 valence electrons. The van der Waals surface area contributed by atoms with Gasteiger partial charge in [0.1, 0.15) is 17.4 Å². The average Bonchev–Trinajstić information content (AvgIpc) is 3.23. The first kappa shape index (κ1) is 22.2. The minimum atomic E-state index is -4.35. The molecular weight excluding hydrogens is 429 g/mol. The van der Waals surface area contributed by atoms with Crippen LogP contribution in [0.2, 0.25) is 0 Å². The molecule has 2 saturated heterocycles. The van der Waals surface area contributed by atoms with Crippen molar-refractivity contribution in [3.63, 3.8) is 0 Å². The van der Waals surface area contributed by atoms with E-state index >= 15 is 0 Å². The van der Waals surface area contributed by atoms with Crippen LogP contribution in [0.3, 0.4) is 0 Å². The highest BCUT2D eigenvalue weighted by Crippen LogP contribution is 2.49. The summed E-state index contributed by atoms with van der Waals surface area (Å²) in [6.07, 6.45) is -5.21. The zero-order valence-electron chi connectivity index (χ0n) is 17.3. The van der Waals surface area contributed by atoms with E-state index in [-0.39, 0.29) is 24.9 Å². The van der Waals surface area contributed by atoms with Gasteiger partial charge in [-0.2, -0.15) is 13.2 Å². The standard InChI is InChI=1S/C23H26ClF3N2O2/c1-30-20-13-17(16-5-3-2-4-6-16)7-8-19(20)29-12-9-18(14-29)31-21-22(10-11-24,15-28-21)23(25,26)27/h2-8,13,18,21,28H,9-12,14-15H2,1H3/t18-,21+,22?/m1/s1. The van der Waals surface area contributed by atoms with Crippen molar-refractivity contribution in [2.75, 3.05) is 37.5 Å². The molecule has 2 aliphatic rings. The Morgan fingerprint density at radius 2 is 1.94 bits per heavy atom. The molecule has 4 rings (SSSR count). The van der Waals surface area contributed by atoms with Crippen molar-refractivity contribution >= 4 is 17.3 Å². The van der Waals surface area contributed by atoms with Crippen LogP contribution in [0.4, 0.5) is 18.9 Å². The number of hydrogen-bond donors (Lipinski definition) is 1. The molecule has 2 aromatic carbocycles. The van der Waals surface area contributed by atoms with Crippen LogP contribution >= 0.6 is 11.6 Å². The highest BCUT2D eigenvalue weighted by atomic mass is 35.5. The quantitative estimate of drug-likeness (QED) is 0.593. The Kier molecular flexibility index (Phi) is 6.37. The fourth-order valence-corrected chi connectivity index (χ4v) is 4.73. The number of nitrogens with zero attached hydrogens (tertiary/aromatic N) is 1. The lowest BCUT2D eigenvalue weighted by molar-refractivity contribution is -0.305. The number of nitrogens with one attached hydrogen (secondary N) is 1. The lowest BCUT2D eigenvalue weighted by Gasteiger charge is -2.51. The van der Waals surface area contributed by atoms with E-state index in [9.17, 15) is 13.2 Å². The zero-order chi connectivity index (χ0) is 22.1. The van der Waals surface area contributed by atoms with Gasteiger partial charge < -0.3 is 14.4 Å². The van der Waals surface area contributed by atoms with E-state index in [2.05, 4.69) is 10.2 Å². The largest absolute Gasteiger partial charge is 0.495 e. The second kappa shape index (κ2) is 8.88. The van der Waals surface area contributed by atoms with E-state index in [1.54, 1.807) is 7.11 Å². The Hall–Kier alpha value is -1.96. The van der Waals surface area contributed by atoms with Gasteiger partial charge in [-0.15, -0.1) is 11.6 Å². The Morgan fingerprint density at radius 1 is 1.16 bits per heavy atom. The summed E-state index contributed by atoms with van der Waals surface area (Å²) in [6.45, 7) is 1.04. The summed E-state index contributed by atoms with van der Waals surface area (Å²) >= 11 is 5.67. The fourth-order valence-electron chi connectivity index (χ4n) is 4.39. The molecule has 1 unspecified atom stereocenters. The van der Waals surface area contributed by atoms with Crippen LogP contribution < -0.4 is 15.0 Å². The third kappa shape index (κ3) is 4.23. The second-order valence-electron chi connectivity index (χ2n) is 8.10. The first-order chi connectivity index (χ1) is 14.9. The molecule has 1 N–H and O–H groups in total. The summed E-state index contributed by atoms with van der Waals surface area (Å²) in [7, 11) is 1.62. The lowest BCUT2D eigenvalue weighted by Crippen LogP contribution is -2.70. The fraction of sp³-hybridized carbons (Fsp3) is 0.478. The lowest BCUT2D eigenvalue weighted by atomic mass is 9.76. The molecular formula is C23H26ClF3N2O2. The number of hydrogen-bond acceptors (Lipinski definition) is 4. The van der Waals surface area contributed by atoms with Crippen molar-refractivity contribution in [1.29, 1.82) is 0 Å². The van der Waals surface area contributed by atoms with Gasteiger partial charge in [0.15, 0.2) is 0 Å². The van der Waals surface area contributed by atoms with E-state index < -0.39 is 17.8 Å². The molecule has 2 aliphatic heterocycles. The summed E-state index contributed by atoms with van der Waals surface area (Å²) < 4.78 is 52.5. The predicted octanol–water partition coefficient (Wildman–Crippen LogP) is 5.06. The number of rotatable bonds is 7. The minimum Gasteiger partial charge on any atom is -0.495 e. The van der Waals surface area contributed by atoms with E-state index in [0.29, 0.717) is 19.5 Å². The number of halogens is 4. The van der Waals surface area contributed by atoms with Crippen molar-refractivity contribution in [2.24, 2.45) is 5.41 Å². The van der Waals surface area contributed by atoms with Gasteiger partial charge in [0.05, 0.1) is 18.9 Å². The number of ether oxygens (including phenoxy) is 2. The van der Waals surface area contributed by atoms with Crippen molar-refractivity contribution in [2.45, 2.75) is 31.3 Å². The average molecular weight is 455 g/mol. The van der Waals surface area contributed by atoms with Crippen LogP contribution in [0.15, 0.2) is 48.5 Å². The topological polar surface area (TPSA) is 33.7 Å². The number of methoxy groups -OCH3 is 1. The molecule has 31 heavy (non-hydrogen) atoms. The maximum atomic E-state index is 13.7. The maximum absolute atomic E-state index is 13.7. The van der Waals surface area contributed by atoms with E-state index in [1.807, 2.05) is 48.5 Å². The Labute approximate surface area is 185 Å². The SMILES string of the molecule is COc1cc(-c2ccccc2)ccc1N1CC[C@@H](O[C@@H]2NCC2(CCCl)C(F)(F)F)C1. The van der Waals surface area contributed by atoms with Gasteiger partial charge >= 0.3 is 6.18 Å². The molecule has 2 heterocycles. The van der Waals surface area contributed by atoms with Gasteiger partial charge in [-0.1, -0.05) is 36.4 Å². The molecule has 3 atom stereocenters. The third-order valence-electron chi connectivity index (χ3n) is 6.31. The summed E-state index contributed by atoms with van der Waals surface area (Å²) in [5, 5.41) is 2.81. The monoisotopic (exact) mass is 454 g/mol. The van der Waals surface area contributed by atoms with Crippen LogP contribution in [-0.2, 0) is 4.74 Å². The van der Waals surface area contributed by atoms with Crippen LogP contribution in [0.25, 0.3) is 11.1 Å². The normalized spacial score (nSPS) is 26.0. The van der Waals surface area contributed by atoms with Crippen molar-refractivity contribution < 1.29 is 22.6 Å². The van der Waals surface area contributed by atoms with Crippen LogP contribution in [0, 0.1) is 5.41 Å². The summed E-state index contributed by atoms with van der Waals surface area (Å²) in [5.74, 6) is 0.679. The minimum absolute atomic E-state index is 0.0528. The predicted molar refractivity (Wildman–Crippen MR) is 116 cm³/mol. The molecule has 4 nitrogen and oxygen atoms in total. The number of benzene rings is 2. The first-order valence-corrected chi connectivity index (χ1v) is 10.9. The van der Waals surface area contributed by atoms with Crippen molar-refractivity contribution in [1.82, 2.24) is 5.32 Å². The van der Waals surface area contributed by atoms with E-state index in [0.717, 1.165) is 22.6 Å². The molecule has 2 fully saturated rings. The first-order valence-electron chi connectivity index (χ1n) is 10.4. The van der Waals surface area contributed by atoms with Crippen molar-refractivity contribution in [3.8, 4) is 16.9 Å². The van der Waals surface area contributed by atoms with Gasteiger partial charge in [0.2, 0.25) is 0 Å². The van der Waals surface area contributed by atoms with Crippen LogP contribution in [-0.4, -0.2) is 51.1 Å². The van der Waals surface area contributed by atoms with Gasteiger partial charge in [-0.3, -0.25) is 5.32 Å². The molecule has 0 bridgehead atoms. The van der Waals surface area contributed by atoms with Gasteiger partial charge in [-0.05, 0) is 36.1 Å². The number of anilines is 1. The summed E-state index contributed by atoms with van der Waals surface area (Å²) in [4.78, 5) is 2.10. The highest BCUT2D eigenvalue weighted by molar-refractivity contribution is 6.17. The Bertz CT molecular complexity index is 896. The van der Waals surface area contributed by atoms with Crippen LogP contribution in [0.1, 0.15) is 12.8 Å². The highest BCUT2D eigenvalue weighted by Gasteiger charge is 2.65. The van der Waals surface area contributed by atoms with Crippen molar-refractivity contribution in [3.05, 3.63) is 48.5 Å². The van der Waals surface area contributed by atoms with Gasteiger partial charge in [0.25, 0.3) is 0 Å². The molecule has 0 aliphatic carbocycles. The molecule has 8 heteroatoms.